The molecule has 0 radical (unpaired) electrons. The second-order valence-electron chi connectivity index (χ2n) is 0.724. The van der Waals surface area contributed by atoms with Crippen molar-refractivity contribution in [1.82, 2.24) is 0 Å². The van der Waals surface area contributed by atoms with Gasteiger partial charge >= 0.3 is 0 Å². The van der Waals surface area contributed by atoms with Crippen LogP contribution in [0.1, 0.15) is 5.48 Å². The van der Waals surface area contributed by atoms with E-state index in [1.54, 1.807) is 11.8 Å². The molecule has 0 amide bonds. The summed E-state index contributed by atoms with van der Waals surface area (Å²) in [6.07, 6.45) is 0. The lowest BCUT2D eigenvalue weighted by atomic mass is 10.5. The van der Waals surface area contributed by atoms with Gasteiger partial charge in [0, 0.05) is 0 Å². The molecule has 0 heterocycles. The molecular formula is C6H6O2. The highest BCUT2D eigenvalue weighted by molar-refractivity contribution is 5.25. The lowest BCUT2D eigenvalue weighted by Gasteiger charge is -1.64. The Morgan fingerprint density at radius 2 is 1.50 bits per heavy atom. The van der Waals surface area contributed by atoms with Gasteiger partial charge in [-0.3, -0.25) is 0 Å². The fraction of sp³-hybridized carbons (Fsp3) is 0.333. The maximum atomic E-state index is 8.38. The minimum Gasteiger partial charge on any atom is -0.384 e. The summed E-state index contributed by atoms with van der Waals surface area (Å²) in [5, 5.41) is 16.8. The van der Waals surface area contributed by atoms with Crippen molar-refractivity contribution < 1.29 is 15.7 Å². The lowest BCUT2D eigenvalue weighted by molar-refractivity contribution is 0.350. The normalized spacial score (nSPS) is 16.8. The standard InChI is InChI=1S/C6H6O2/c7-5-3-1-2-4-6-8/h7-8H,5-6H2/i5D2,6D2. The van der Waals surface area contributed by atoms with Crippen LogP contribution in [-0.2, 0) is 0 Å². The van der Waals surface area contributed by atoms with Crippen LogP contribution >= 0.6 is 0 Å². The van der Waals surface area contributed by atoms with E-state index >= 15 is 0 Å². The molecule has 0 saturated heterocycles. The topological polar surface area (TPSA) is 40.5 Å². The summed E-state index contributed by atoms with van der Waals surface area (Å²) in [6, 6.07) is 0. The van der Waals surface area contributed by atoms with Gasteiger partial charge in [-0.1, -0.05) is 11.8 Å². The van der Waals surface area contributed by atoms with Crippen LogP contribution in [0.3, 0.4) is 0 Å². The fourth-order valence-electron chi connectivity index (χ4n) is 0.118. The van der Waals surface area contributed by atoms with E-state index in [9.17, 15) is 0 Å². The minimum atomic E-state index is -2.64. The summed E-state index contributed by atoms with van der Waals surface area (Å²) >= 11 is 0. The molecule has 0 fully saturated rings. The van der Waals surface area contributed by atoms with Gasteiger partial charge in [0.25, 0.3) is 0 Å². The summed E-state index contributed by atoms with van der Waals surface area (Å²) in [5.41, 5.74) is 0. The van der Waals surface area contributed by atoms with Gasteiger partial charge in [0.1, 0.15) is 13.1 Å². The van der Waals surface area contributed by atoms with Crippen LogP contribution in [0.15, 0.2) is 0 Å². The molecule has 42 valence electrons. The van der Waals surface area contributed by atoms with Gasteiger partial charge in [-0.25, -0.2) is 0 Å². The van der Waals surface area contributed by atoms with E-state index in [4.69, 9.17) is 15.7 Å². The van der Waals surface area contributed by atoms with Crippen LogP contribution in [-0.4, -0.2) is 23.3 Å². The van der Waals surface area contributed by atoms with Crippen LogP contribution in [0.5, 0.6) is 0 Å². The second kappa shape index (κ2) is 6.04. The van der Waals surface area contributed by atoms with Crippen molar-refractivity contribution in [2.45, 2.75) is 0 Å². The highest BCUT2D eigenvalue weighted by Crippen LogP contribution is 1.52. The van der Waals surface area contributed by atoms with Crippen molar-refractivity contribution in [1.29, 1.82) is 0 Å². The van der Waals surface area contributed by atoms with Crippen molar-refractivity contribution in [3.05, 3.63) is 0 Å². The van der Waals surface area contributed by atoms with Crippen molar-refractivity contribution in [3.63, 3.8) is 0 Å². The zero-order valence-electron chi connectivity index (χ0n) is 7.89. The first-order chi connectivity index (χ1) is 5.21. The van der Waals surface area contributed by atoms with E-state index in [-0.39, 0.29) is 0 Å². The monoisotopic (exact) mass is 114 g/mol. The lowest BCUT2D eigenvalue weighted by Crippen LogP contribution is -1.71. The quantitative estimate of drug-likeness (QED) is 0.396. The summed E-state index contributed by atoms with van der Waals surface area (Å²) in [5.74, 6) is 7.06. The first kappa shape index (κ1) is 2.55. The predicted molar refractivity (Wildman–Crippen MR) is 29.7 cm³/mol. The third-order valence-electron chi connectivity index (χ3n) is 0.299. The fourth-order valence-corrected chi connectivity index (χ4v) is 0.118. The molecule has 0 atom stereocenters. The molecular weight excluding hydrogens is 104 g/mol. The maximum absolute atomic E-state index is 8.38. The van der Waals surface area contributed by atoms with Crippen molar-refractivity contribution >= 4 is 0 Å². The molecule has 0 unspecified atom stereocenters. The van der Waals surface area contributed by atoms with Gasteiger partial charge < -0.3 is 10.2 Å². The van der Waals surface area contributed by atoms with E-state index in [1.165, 1.54) is 0 Å². The molecule has 0 aliphatic heterocycles. The highest BCUT2D eigenvalue weighted by Gasteiger charge is 1.57. The van der Waals surface area contributed by atoms with Gasteiger partial charge in [-0.05, 0) is 11.8 Å². The number of aliphatic hydroxyl groups is 2. The average molecular weight is 114 g/mol. The van der Waals surface area contributed by atoms with Crippen LogP contribution in [0.2, 0.25) is 0 Å². The van der Waals surface area contributed by atoms with E-state index < -0.39 is 13.1 Å². The van der Waals surface area contributed by atoms with Crippen LogP contribution in [0.25, 0.3) is 0 Å². The SMILES string of the molecule is [2H]C([2H])(O)C#CC#CC([2H])([2H])O. The van der Waals surface area contributed by atoms with Crippen molar-refractivity contribution in [3.8, 4) is 23.7 Å². The Bertz CT molecular complexity index is 234. The molecule has 0 rings (SSSR count). The summed E-state index contributed by atoms with van der Waals surface area (Å²) in [6.45, 7) is -5.28. The second-order valence-corrected chi connectivity index (χ2v) is 0.724. The van der Waals surface area contributed by atoms with Gasteiger partial charge in [0.05, 0.1) is 5.48 Å². The Morgan fingerprint density at radius 1 is 1.12 bits per heavy atom. The third kappa shape index (κ3) is 5.04. The molecule has 0 saturated carbocycles. The average Bonchev–Trinajstić information content (AvgIpc) is 1.76. The molecule has 0 aromatic heterocycles. The Hall–Kier alpha value is -0.960. The number of hydrogen-bond donors (Lipinski definition) is 2. The molecule has 8 heavy (non-hydrogen) atoms. The van der Waals surface area contributed by atoms with E-state index in [0.29, 0.717) is 0 Å². The number of hydrogen-bond acceptors (Lipinski definition) is 2. The van der Waals surface area contributed by atoms with Gasteiger partial charge in [-0.15, -0.1) is 0 Å². The van der Waals surface area contributed by atoms with Crippen LogP contribution in [0.4, 0.5) is 0 Å². The molecule has 0 aromatic rings. The molecule has 0 aliphatic rings. The van der Waals surface area contributed by atoms with Crippen LogP contribution in [0, 0.1) is 23.7 Å². The zero-order valence-corrected chi connectivity index (χ0v) is 3.89. The molecule has 0 aromatic carbocycles. The predicted octanol–water partition coefficient (Wildman–Crippen LogP) is -1.02. The van der Waals surface area contributed by atoms with Crippen molar-refractivity contribution in [2.24, 2.45) is 0 Å². The molecule has 2 nitrogen and oxygen atoms in total. The first-order valence-corrected chi connectivity index (χ1v) is 1.70. The third-order valence-corrected chi connectivity index (χ3v) is 0.299. The number of rotatable bonds is 0. The Morgan fingerprint density at radius 3 is 1.75 bits per heavy atom. The van der Waals surface area contributed by atoms with Crippen LogP contribution < -0.4 is 0 Å². The molecule has 0 aliphatic carbocycles. The Kier molecular flexibility index (Phi) is 1.92. The van der Waals surface area contributed by atoms with E-state index in [0.717, 1.165) is 0 Å². The summed E-state index contributed by atoms with van der Waals surface area (Å²) in [4.78, 5) is 0. The Balaban J connectivity index is 4.27. The van der Waals surface area contributed by atoms with E-state index in [2.05, 4.69) is 0 Å². The molecule has 0 spiro atoms. The van der Waals surface area contributed by atoms with Crippen molar-refractivity contribution in [2.75, 3.05) is 13.1 Å². The van der Waals surface area contributed by atoms with Gasteiger partial charge in [0.15, 0.2) is 0 Å². The van der Waals surface area contributed by atoms with Gasteiger partial charge in [0.2, 0.25) is 0 Å². The maximum Gasteiger partial charge on any atom is 0.105 e. The summed E-state index contributed by atoms with van der Waals surface area (Å²) in [7, 11) is 0. The van der Waals surface area contributed by atoms with E-state index in [1.807, 2.05) is 11.8 Å². The molecule has 2 N–H and O–H groups in total. The largest absolute Gasteiger partial charge is 0.384 e. The highest BCUT2D eigenvalue weighted by atomic mass is 16.3. The molecule has 2 heteroatoms. The molecule has 0 bridgehead atoms. The summed E-state index contributed by atoms with van der Waals surface area (Å²) < 4.78 is 26.0. The zero-order chi connectivity index (χ0) is 9.83. The smallest absolute Gasteiger partial charge is 0.105 e. The van der Waals surface area contributed by atoms with Gasteiger partial charge in [-0.2, -0.15) is 0 Å². The first-order valence-electron chi connectivity index (χ1n) is 3.70. The minimum absolute atomic E-state index is 1.68. The Labute approximate surface area is 53.8 Å².